The third-order valence-corrected chi connectivity index (χ3v) is 5.17. The van der Waals surface area contributed by atoms with Crippen LogP contribution in [-0.4, -0.2) is 37.6 Å². The number of hydrogen-bond acceptors (Lipinski definition) is 6. The van der Waals surface area contributed by atoms with E-state index in [4.69, 9.17) is 14.2 Å². The monoisotopic (exact) mass is 397 g/mol. The van der Waals surface area contributed by atoms with E-state index in [0.717, 1.165) is 22.3 Å². The molecule has 1 aliphatic rings. The molecule has 0 unspecified atom stereocenters. The highest BCUT2D eigenvalue weighted by Gasteiger charge is 2.18. The summed E-state index contributed by atoms with van der Waals surface area (Å²) < 4.78 is 15.5. The number of ketones is 1. The van der Waals surface area contributed by atoms with E-state index >= 15 is 0 Å². The summed E-state index contributed by atoms with van der Waals surface area (Å²) in [6.45, 7) is 7.19. The van der Waals surface area contributed by atoms with Crippen molar-refractivity contribution in [3.05, 3.63) is 57.6 Å². The second kappa shape index (κ2) is 8.34. The molecule has 0 fully saturated rings. The number of carbonyl (C=O) groups is 3. The van der Waals surface area contributed by atoms with Gasteiger partial charge in [0, 0.05) is 11.1 Å². The van der Waals surface area contributed by atoms with E-state index in [1.807, 2.05) is 33.8 Å². The molecule has 0 saturated heterocycles. The molecule has 0 spiro atoms. The Morgan fingerprint density at radius 2 is 1.69 bits per heavy atom. The molecule has 2 aromatic rings. The zero-order chi connectivity index (χ0) is 21.1. The molecule has 3 rings (SSSR count). The maximum Gasteiger partial charge on any atom is 0.325 e. The number of benzene rings is 2. The molecule has 0 atom stereocenters. The second-order valence-electron chi connectivity index (χ2n) is 6.95. The first kappa shape index (κ1) is 20.4. The van der Waals surface area contributed by atoms with Gasteiger partial charge in [0.2, 0.25) is 12.6 Å². The van der Waals surface area contributed by atoms with Gasteiger partial charge in [0.1, 0.15) is 6.54 Å². The van der Waals surface area contributed by atoms with Crippen molar-refractivity contribution in [1.29, 1.82) is 0 Å². The third kappa shape index (κ3) is 4.39. The van der Waals surface area contributed by atoms with Gasteiger partial charge in [-0.15, -0.1) is 0 Å². The van der Waals surface area contributed by atoms with Crippen LogP contribution in [0, 0.1) is 27.7 Å². The molecular weight excluding hydrogens is 374 g/mol. The predicted octanol–water partition coefficient (Wildman–Crippen LogP) is 2.80. The van der Waals surface area contributed by atoms with Crippen LogP contribution in [0.4, 0.5) is 0 Å². The molecule has 7 heteroatoms. The minimum atomic E-state index is -0.689. The van der Waals surface area contributed by atoms with Gasteiger partial charge in [-0.2, -0.15) is 0 Å². The number of rotatable bonds is 6. The molecule has 1 N–H and O–H groups in total. The van der Waals surface area contributed by atoms with Crippen molar-refractivity contribution in [3.8, 4) is 11.5 Å². The summed E-state index contributed by atoms with van der Waals surface area (Å²) in [4.78, 5) is 36.6. The molecule has 2 aromatic carbocycles. The van der Waals surface area contributed by atoms with Crippen molar-refractivity contribution in [2.45, 2.75) is 27.7 Å². The lowest BCUT2D eigenvalue weighted by Crippen LogP contribution is -2.31. The second-order valence-corrected chi connectivity index (χ2v) is 6.95. The highest BCUT2D eigenvalue weighted by Crippen LogP contribution is 2.32. The Kier molecular flexibility index (Phi) is 5.87. The summed E-state index contributed by atoms with van der Waals surface area (Å²) in [6.07, 6.45) is 0. The van der Waals surface area contributed by atoms with Gasteiger partial charge in [0.25, 0.3) is 5.91 Å². The quantitative estimate of drug-likeness (QED) is 0.595. The van der Waals surface area contributed by atoms with E-state index < -0.39 is 11.9 Å². The number of hydrogen-bond donors (Lipinski definition) is 1. The summed E-state index contributed by atoms with van der Waals surface area (Å²) in [7, 11) is 0. The van der Waals surface area contributed by atoms with E-state index in [2.05, 4.69) is 5.32 Å². The van der Waals surface area contributed by atoms with Crippen molar-refractivity contribution in [3.63, 3.8) is 0 Å². The number of carbonyl (C=O) groups excluding carboxylic acids is 3. The molecule has 1 amide bonds. The highest BCUT2D eigenvalue weighted by atomic mass is 16.7. The summed E-state index contributed by atoms with van der Waals surface area (Å²) in [5.41, 5.74) is 4.96. The molecule has 152 valence electrons. The number of amides is 1. The zero-order valence-electron chi connectivity index (χ0n) is 16.9. The van der Waals surface area contributed by atoms with Gasteiger partial charge in [-0.1, -0.05) is 0 Å². The average molecular weight is 397 g/mol. The smallest absolute Gasteiger partial charge is 0.325 e. The fourth-order valence-electron chi connectivity index (χ4n) is 3.07. The molecule has 0 aromatic heterocycles. The third-order valence-electron chi connectivity index (χ3n) is 5.17. The van der Waals surface area contributed by atoms with Crippen LogP contribution in [-0.2, 0) is 9.53 Å². The maximum atomic E-state index is 12.5. The molecule has 0 radical (unpaired) electrons. The first-order chi connectivity index (χ1) is 13.8. The largest absolute Gasteiger partial charge is 0.456 e. The van der Waals surface area contributed by atoms with E-state index in [9.17, 15) is 14.4 Å². The molecular formula is C22H23NO6. The van der Waals surface area contributed by atoms with E-state index in [0.29, 0.717) is 22.6 Å². The fourth-order valence-corrected chi connectivity index (χ4v) is 3.07. The Hall–Kier alpha value is -3.35. The Bertz CT molecular complexity index is 995. The van der Waals surface area contributed by atoms with E-state index in [1.165, 1.54) is 6.07 Å². The normalized spacial score (nSPS) is 11.9. The summed E-state index contributed by atoms with van der Waals surface area (Å²) in [5, 5.41) is 2.47. The summed E-state index contributed by atoms with van der Waals surface area (Å²) >= 11 is 0. The molecule has 7 nitrogen and oxygen atoms in total. The van der Waals surface area contributed by atoms with Crippen LogP contribution in [0.15, 0.2) is 24.3 Å². The first-order valence-electron chi connectivity index (χ1n) is 9.22. The number of aryl methyl sites for hydroxylation is 1. The predicted molar refractivity (Wildman–Crippen MR) is 106 cm³/mol. The molecule has 0 aliphatic carbocycles. The molecule has 29 heavy (non-hydrogen) atoms. The number of esters is 1. The Labute approximate surface area is 169 Å². The topological polar surface area (TPSA) is 90.9 Å². The lowest BCUT2D eigenvalue weighted by molar-refractivity contribution is -0.141. The van der Waals surface area contributed by atoms with Gasteiger partial charge < -0.3 is 19.5 Å². The molecule has 0 saturated carbocycles. The first-order valence-corrected chi connectivity index (χ1v) is 9.22. The number of nitrogens with one attached hydrogen (secondary N) is 1. The Balaban J connectivity index is 1.52. The Morgan fingerprint density at radius 1 is 0.966 bits per heavy atom. The van der Waals surface area contributed by atoms with Crippen molar-refractivity contribution in [1.82, 2.24) is 5.32 Å². The van der Waals surface area contributed by atoms with Gasteiger partial charge in [-0.25, -0.2) is 0 Å². The van der Waals surface area contributed by atoms with Crippen LogP contribution in [0.25, 0.3) is 0 Å². The van der Waals surface area contributed by atoms with Gasteiger partial charge in [0.05, 0.1) is 0 Å². The van der Waals surface area contributed by atoms with Crippen LogP contribution in [0.5, 0.6) is 11.5 Å². The van der Waals surface area contributed by atoms with E-state index in [1.54, 1.807) is 12.1 Å². The van der Waals surface area contributed by atoms with E-state index in [-0.39, 0.29) is 25.7 Å². The van der Waals surface area contributed by atoms with Crippen molar-refractivity contribution < 1.29 is 28.6 Å². The average Bonchev–Trinajstić information content (AvgIpc) is 3.19. The van der Waals surface area contributed by atoms with Crippen LogP contribution in [0.3, 0.4) is 0 Å². The SMILES string of the molecule is Cc1cc(C(=O)COC(=O)CNC(=O)c2ccc3c(c2)OCO3)c(C)c(C)c1C. The van der Waals surface area contributed by atoms with Gasteiger partial charge in [-0.05, 0) is 74.2 Å². The van der Waals surface area contributed by atoms with Crippen molar-refractivity contribution in [2.75, 3.05) is 19.9 Å². The lowest BCUT2D eigenvalue weighted by Gasteiger charge is -2.13. The molecule has 0 bridgehead atoms. The summed E-state index contributed by atoms with van der Waals surface area (Å²) in [6, 6.07) is 6.55. The van der Waals surface area contributed by atoms with Crippen LogP contribution < -0.4 is 14.8 Å². The van der Waals surface area contributed by atoms with Crippen LogP contribution in [0.1, 0.15) is 43.0 Å². The van der Waals surface area contributed by atoms with Gasteiger partial charge in [-0.3, -0.25) is 14.4 Å². The lowest BCUT2D eigenvalue weighted by atomic mass is 9.93. The van der Waals surface area contributed by atoms with Crippen LogP contribution >= 0.6 is 0 Å². The number of ether oxygens (including phenoxy) is 3. The van der Waals surface area contributed by atoms with Crippen LogP contribution in [0.2, 0.25) is 0 Å². The van der Waals surface area contributed by atoms with Gasteiger partial charge >= 0.3 is 5.97 Å². The van der Waals surface area contributed by atoms with Gasteiger partial charge in [0.15, 0.2) is 18.1 Å². The highest BCUT2D eigenvalue weighted by molar-refractivity contribution is 6.00. The molecule has 1 heterocycles. The molecule has 1 aliphatic heterocycles. The van der Waals surface area contributed by atoms with Crippen molar-refractivity contribution in [2.24, 2.45) is 0 Å². The fraction of sp³-hybridized carbons (Fsp3) is 0.318. The number of fused-ring (bicyclic) bond motifs is 1. The van der Waals surface area contributed by atoms with Crippen molar-refractivity contribution >= 4 is 17.7 Å². The number of Topliss-reactive ketones (excluding diaryl/α,β-unsaturated/α-hetero) is 1. The minimum Gasteiger partial charge on any atom is -0.456 e. The zero-order valence-corrected chi connectivity index (χ0v) is 16.9. The Morgan fingerprint density at radius 3 is 2.45 bits per heavy atom. The minimum absolute atomic E-state index is 0.111. The maximum absolute atomic E-state index is 12.5. The standard InChI is InChI=1S/C22H23NO6/c1-12-7-17(15(4)14(3)13(12)2)18(24)10-27-21(25)9-23-22(26)16-5-6-19-20(8-16)29-11-28-19/h5-8H,9-11H2,1-4H3,(H,23,26). The summed E-state index contributed by atoms with van der Waals surface area (Å²) in [5.74, 6) is -0.372.